The molecule has 1 N–H and O–H groups in total. The summed E-state index contributed by atoms with van der Waals surface area (Å²) in [5.74, 6) is -0.980. The SMILES string of the molecule is Cc1nc(CN(C)S(=O)(=O)c2ccc(CC(=O)O)s2)cs1. The molecule has 9 heteroatoms. The van der Waals surface area contributed by atoms with Crippen LogP contribution in [0, 0.1) is 6.92 Å². The number of hydrogen-bond donors (Lipinski definition) is 1. The monoisotopic (exact) mass is 346 g/mol. The summed E-state index contributed by atoms with van der Waals surface area (Å²) in [7, 11) is -2.13. The lowest BCUT2D eigenvalue weighted by Gasteiger charge is -2.14. The van der Waals surface area contributed by atoms with Gasteiger partial charge in [-0.15, -0.1) is 22.7 Å². The highest BCUT2D eigenvalue weighted by molar-refractivity contribution is 7.91. The van der Waals surface area contributed by atoms with Crippen molar-refractivity contribution in [1.82, 2.24) is 9.29 Å². The van der Waals surface area contributed by atoms with Crippen molar-refractivity contribution >= 4 is 38.7 Å². The molecule has 0 saturated carbocycles. The summed E-state index contributed by atoms with van der Waals surface area (Å²) in [5, 5.41) is 11.4. The standard InChI is InChI=1S/C12H14N2O4S3/c1-8-13-9(7-19-8)6-14(2)21(17,18)12-4-3-10(20-12)5-11(15)16/h3-4,7H,5-6H2,1-2H3,(H,15,16). The van der Waals surface area contributed by atoms with Crippen LogP contribution in [0.4, 0.5) is 0 Å². The lowest BCUT2D eigenvalue weighted by Crippen LogP contribution is -2.25. The Hall–Kier alpha value is -1.29. The minimum atomic E-state index is -3.62. The maximum atomic E-state index is 12.4. The third-order valence-corrected chi connectivity index (χ3v) is 6.86. The summed E-state index contributed by atoms with van der Waals surface area (Å²) >= 11 is 2.45. The van der Waals surface area contributed by atoms with Crippen LogP contribution in [0.15, 0.2) is 21.7 Å². The van der Waals surface area contributed by atoms with Crippen molar-refractivity contribution in [2.45, 2.75) is 24.1 Å². The minimum absolute atomic E-state index is 0.146. The van der Waals surface area contributed by atoms with Gasteiger partial charge in [0, 0.05) is 17.3 Å². The number of aromatic nitrogens is 1. The number of aliphatic carboxylic acids is 1. The highest BCUT2D eigenvalue weighted by Gasteiger charge is 2.24. The van der Waals surface area contributed by atoms with Gasteiger partial charge in [0.2, 0.25) is 0 Å². The Kier molecular flexibility index (Phi) is 4.77. The van der Waals surface area contributed by atoms with Crippen LogP contribution in [-0.2, 0) is 27.8 Å². The zero-order valence-electron chi connectivity index (χ0n) is 11.4. The van der Waals surface area contributed by atoms with Crippen molar-refractivity contribution in [1.29, 1.82) is 0 Å². The Balaban J connectivity index is 2.16. The molecular formula is C12H14N2O4S3. The Labute approximate surface area is 130 Å². The lowest BCUT2D eigenvalue weighted by molar-refractivity contribution is -0.136. The van der Waals surface area contributed by atoms with Gasteiger partial charge in [0.1, 0.15) is 4.21 Å². The first-order valence-corrected chi connectivity index (χ1v) is 9.10. The molecule has 0 radical (unpaired) electrons. The molecule has 2 aromatic rings. The van der Waals surface area contributed by atoms with Crippen molar-refractivity contribution in [2.24, 2.45) is 0 Å². The Morgan fingerprint density at radius 2 is 2.14 bits per heavy atom. The van der Waals surface area contributed by atoms with Crippen LogP contribution < -0.4 is 0 Å². The minimum Gasteiger partial charge on any atom is -0.481 e. The average molecular weight is 346 g/mol. The van der Waals surface area contributed by atoms with Gasteiger partial charge in [-0.05, 0) is 19.1 Å². The fourth-order valence-corrected chi connectivity index (χ4v) is 4.99. The molecule has 0 aliphatic rings. The first-order chi connectivity index (χ1) is 9.79. The molecule has 0 atom stereocenters. The van der Waals surface area contributed by atoms with Crippen LogP contribution in [0.3, 0.4) is 0 Å². The van der Waals surface area contributed by atoms with E-state index in [1.165, 1.54) is 34.8 Å². The number of carbonyl (C=O) groups is 1. The third-order valence-electron chi connectivity index (χ3n) is 2.68. The van der Waals surface area contributed by atoms with Gasteiger partial charge >= 0.3 is 5.97 Å². The van der Waals surface area contributed by atoms with Gasteiger partial charge in [0.25, 0.3) is 10.0 Å². The topological polar surface area (TPSA) is 87.6 Å². The number of hydrogen-bond acceptors (Lipinski definition) is 6. The van der Waals surface area contributed by atoms with E-state index in [9.17, 15) is 13.2 Å². The van der Waals surface area contributed by atoms with Gasteiger partial charge in [-0.3, -0.25) is 4.79 Å². The smallest absolute Gasteiger partial charge is 0.308 e. The normalized spacial score (nSPS) is 12.0. The number of thiophene rings is 1. The van der Waals surface area contributed by atoms with Crippen LogP contribution in [-0.4, -0.2) is 35.8 Å². The molecular weight excluding hydrogens is 332 g/mol. The summed E-state index contributed by atoms with van der Waals surface area (Å²) in [6.45, 7) is 2.05. The molecule has 0 aliphatic carbocycles. The fraction of sp³-hybridized carbons (Fsp3) is 0.333. The molecule has 0 bridgehead atoms. The maximum Gasteiger partial charge on any atom is 0.308 e. The van der Waals surface area contributed by atoms with E-state index in [2.05, 4.69) is 4.98 Å². The largest absolute Gasteiger partial charge is 0.481 e. The number of aryl methyl sites for hydroxylation is 1. The second kappa shape index (κ2) is 6.22. The number of carboxylic acid groups (broad SMARTS) is 1. The summed E-state index contributed by atoms with van der Waals surface area (Å²) in [4.78, 5) is 15.4. The van der Waals surface area contributed by atoms with Crippen molar-refractivity contribution < 1.29 is 18.3 Å². The molecule has 6 nitrogen and oxygen atoms in total. The van der Waals surface area contributed by atoms with E-state index in [-0.39, 0.29) is 17.2 Å². The molecule has 2 rings (SSSR count). The van der Waals surface area contributed by atoms with Crippen molar-refractivity contribution in [3.63, 3.8) is 0 Å². The molecule has 0 aromatic carbocycles. The zero-order chi connectivity index (χ0) is 15.6. The first-order valence-electron chi connectivity index (χ1n) is 5.97. The molecule has 0 fully saturated rings. The van der Waals surface area contributed by atoms with Crippen LogP contribution in [0.2, 0.25) is 0 Å². The summed E-state index contributed by atoms with van der Waals surface area (Å²) in [5.41, 5.74) is 0.700. The summed E-state index contributed by atoms with van der Waals surface area (Å²) in [6.07, 6.45) is -0.171. The van der Waals surface area contributed by atoms with Crippen molar-refractivity contribution in [3.8, 4) is 0 Å². The first kappa shape index (κ1) is 16.1. The maximum absolute atomic E-state index is 12.4. The van der Waals surface area contributed by atoms with Gasteiger partial charge < -0.3 is 5.11 Å². The van der Waals surface area contributed by atoms with E-state index >= 15 is 0 Å². The molecule has 2 aromatic heterocycles. The number of nitrogens with zero attached hydrogens (tertiary/aromatic N) is 2. The highest BCUT2D eigenvalue weighted by atomic mass is 32.2. The third kappa shape index (κ3) is 3.88. The number of carboxylic acids is 1. The molecule has 0 amide bonds. The van der Waals surface area contributed by atoms with Gasteiger partial charge in [-0.2, -0.15) is 4.31 Å². The van der Waals surface area contributed by atoms with E-state index in [0.29, 0.717) is 10.6 Å². The molecule has 0 spiro atoms. The van der Waals surface area contributed by atoms with Crippen LogP contribution in [0.1, 0.15) is 15.6 Å². The second-order valence-corrected chi connectivity index (χ2v) is 8.91. The van der Waals surface area contributed by atoms with E-state index in [1.54, 1.807) is 0 Å². The Morgan fingerprint density at radius 3 is 2.71 bits per heavy atom. The number of sulfonamides is 1. The summed E-state index contributed by atoms with van der Waals surface area (Å²) in [6, 6.07) is 2.98. The predicted molar refractivity (Wildman–Crippen MR) is 81.2 cm³/mol. The quantitative estimate of drug-likeness (QED) is 0.864. The van der Waals surface area contributed by atoms with E-state index in [1.807, 2.05) is 12.3 Å². The van der Waals surface area contributed by atoms with E-state index in [4.69, 9.17) is 5.11 Å². The molecule has 114 valence electrons. The molecule has 0 saturated heterocycles. The zero-order valence-corrected chi connectivity index (χ0v) is 13.9. The van der Waals surface area contributed by atoms with Gasteiger partial charge in [-0.1, -0.05) is 0 Å². The summed E-state index contributed by atoms with van der Waals surface area (Å²) < 4.78 is 26.2. The Morgan fingerprint density at radius 1 is 1.43 bits per heavy atom. The number of thiazole rings is 1. The molecule has 0 aliphatic heterocycles. The van der Waals surface area contributed by atoms with Crippen LogP contribution in [0.5, 0.6) is 0 Å². The molecule has 21 heavy (non-hydrogen) atoms. The predicted octanol–water partition coefficient (Wildman–Crippen LogP) is 1.96. The van der Waals surface area contributed by atoms with Crippen molar-refractivity contribution in [3.05, 3.63) is 33.1 Å². The van der Waals surface area contributed by atoms with Crippen LogP contribution >= 0.6 is 22.7 Å². The molecule has 0 unspecified atom stereocenters. The van der Waals surface area contributed by atoms with Gasteiger partial charge in [0.05, 0.1) is 23.7 Å². The van der Waals surface area contributed by atoms with Gasteiger partial charge in [-0.25, -0.2) is 13.4 Å². The average Bonchev–Trinajstić information content (AvgIpc) is 2.98. The second-order valence-electron chi connectivity index (χ2n) is 4.41. The Bertz CT molecular complexity index is 748. The van der Waals surface area contributed by atoms with Gasteiger partial charge in [0.15, 0.2) is 0 Å². The fourth-order valence-electron chi connectivity index (χ4n) is 1.69. The van der Waals surface area contributed by atoms with Crippen molar-refractivity contribution in [2.75, 3.05) is 7.05 Å². The number of rotatable bonds is 6. The van der Waals surface area contributed by atoms with Crippen LogP contribution in [0.25, 0.3) is 0 Å². The van der Waals surface area contributed by atoms with E-state index in [0.717, 1.165) is 16.3 Å². The lowest BCUT2D eigenvalue weighted by atomic mass is 10.3. The highest BCUT2D eigenvalue weighted by Crippen LogP contribution is 2.25. The molecule has 2 heterocycles. The van der Waals surface area contributed by atoms with E-state index < -0.39 is 16.0 Å².